The van der Waals surface area contributed by atoms with Gasteiger partial charge in [0.2, 0.25) is 5.91 Å². The number of benzene rings is 1. The molecule has 2 aromatic rings. The van der Waals surface area contributed by atoms with Crippen LogP contribution in [0.25, 0.3) is 0 Å². The van der Waals surface area contributed by atoms with Crippen molar-refractivity contribution < 1.29 is 9.90 Å². The lowest BCUT2D eigenvalue weighted by atomic mass is 10.0. The number of pyridine rings is 1. The second kappa shape index (κ2) is 6.25. The van der Waals surface area contributed by atoms with Gasteiger partial charge in [-0.05, 0) is 24.1 Å². The molecule has 0 saturated heterocycles. The smallest absolute Gasteiger partial charge is 0.238 e. The highest BCUT2D eigenvalue weighted by molar-refractivity contribution is 6.29. The first-order valence-corrected chi connectivity index (χ1v) is 7.27. The van der Waals surface area contributed by atoms with E-state index in [2.05, 4.69) is 15.3 Å². The number of amides is 1. The molecule has 0 saturated carbocycles. The first-order valence-electron chi connectivity index (χ1n) is 6.89. The molecule has 0 aliphatic carbocycles. The molecule has 1 aliphatic heterocycles. The fraction of sp³-hybridized carbons (Fsp3) is 0.188. The van der Waals surface area contributed by atoms with Gasteiger partial charge in [0.25, 0.3) is 0 Å². The number of carbonyl (C=O) groups is 1. The maximum absolute atomic E-state index is 12.0. The van der Waals surface area contributed by atoms with Gasteiger partial charge < -0.3 is 10.4 Å². The number of nitrogens with zero attached hydrogens (tertiary/aromatic N) is 2. The lowest BCUT2D eigenvalue weighted by molar-refractivity contribution is -0.115. The van der Waals surface area contributed by atoms with Gasteiger partial charge >= 0.3 is 0 Å². The van der Waals surface area contributed by atoms with Crippen molar-refractivity contribution in [2.75, 3.05) is 11.9 Å². The summed E-state index contributed by atoms with van der Waals surface area (Å²) in [6, 6.07) is 11.0. The Hall–Kier alpha value is -2.24. The van der Waals surface area contributed by atoms with E-state index in [4.69, 9.17) is 16.7 Å². The van der Waals surface area contributed by atoms with Gasteiger partial charge in [0.1, 0.15) is 16.9 Å². The van der Waals surface area contributed by atoms with Gasteiger partial charge in [-0.3, -0.25) is 9.79 Å². The van der Waals surface area contributed by atoms with Gasteiger partial charge in [0, 0.05) is 18.4 Å². The number of hydrogen-bond acceptors (Lipinski definition) is 4. The third-order valence-electron chi connectivity index (χ3n) is 3.49. The van der Waals surface area contributed by atoms with Crippen LogP contribution in [0.15, 0.2) is 41.4 Å². The number of aliphatic hydroxyl groups excluding tert-OH is 1. The van der Waals surface area contributed by atoms with Crippen LogP contribution in [-0.4, -0.2) is 28.8 Å². The predicted molar refractivity (Wildman–Crippen MR) is 86.0 cm³/mol. The third-order valence-corrected chi connectivity index (χ3v) is 3.70. The number of aliphatic imine (C=N–C) groups is 1. The molecule has 2 heterocycles. The minimum absolute atomic E-state index is 0.0572. The van der Waals surface area contributed by atoms with Crippen molar-refractivity contribution in [1.29, 1.82) is 0 Å². The molecule has 0 spiro atoms. The Morgan fingerprint density at radius 2 is 2.14 bits per heavy atom. The van der Waals surface area contributed by atoms with Crippen LogP contribution in [0.2, 0.25) is 5.15 Å². The molecule has 1 aliphatic rings. The molecular weight excluding hydrogens is 302 g/mol. The van der Waals surface area contributed by atoms with E-state index in [1.54, 1.807) is 18.3 Å². The fourth-order valence-electron chi connectivity index (χ4n) is 2.40. The zero-order chi connectivity index (χ0) is 15.5. The number of halogens is 1. The zero-order valence-corrected chi connectivity index (χ0v) is 12.4. The molecule has 0 fully saturated rings. The normalized spacial score (nSPS) is 16.8. The van der Waals surface area contributed by atoms with E-state index < -0.39 is 5.92 Å². The molecule has 22 heavy (non-hydrogen) atoms. The Morgan fingerprint density at radius 3 is 2.95 bits per heavy atom. The van der Waals surface area contributed by atoms with Gasteiger partial charge in [-0.2, -0.15) is 0 Å². The van der Waals surface area contributed by atoms with Crippen LogP contribution in [0.5, 0.6) is 0 Å². The van der Waals surface area contributed by atoms with E-state index in [1.165, 1.54) is 0 Å². The van der Waals surface area contributed by atoms with E-state index in [0.717, 1.165) is 16.8 Å². The van der Waals surface area contributed by atoms with Crippen LogP contribution in [-0.2, 0) is 11.2 Å². The first kappa shape index (κ1) is 14.7. The molecule has 0 radical (unpaired) electrons. The standard InChI is InChI=1S/C16H14ClN3O2/c17-14-6-5-11-12(16(22)20-15(11)19-14)9-18-13-4-2-1-3-10(13)7-8-21/h1-6,9,12,21H,7-8H2,(H,19,20,22). The molecule has 1 atom stereocenters. The summed E-state index contributed by atoms with van der Waals surface area (Å²) in [5, 5.41) is 12.1. The minimum Gasteiger partial charge on any atom is -0.396 e. The summed E-state index contributed by atoms with van der Waals surface area (Å²) in [6.45, 7) is 0.0572. The van der Waals surface area contributed by atoms with Crippen molar-refractivity contribution >= 4 is 35.2 Å². The average molecular weight is 316 g/mol. The van der Waals surface area contributed by atoms with E-state index in [0.29, 0.717) is 17.4 Å². The lowest BCUT2D eigenvalue weighted by Gasteiger charge is -2.05. The van der Waals surface area contributed by atoms with Gasteiger partial charge in [-0.25, -0.2) is 4.98 Å². The van der Waals surface area contributed by atoms with Crippen LogP contribution in [0, 0.1) is 0 Å². The largest absolute Gasteiger partial charge is 0.396 e. The number of nitrogens with one attached hydrogen (secondary N) is 1. The molecule has 112 valence electrons. The highest BCUT2D eigenvalue weighted by atomic mass is 35.5. The molecule has 1 amide bonds. The maximum atomic E-state index is 12.0. The van der Waals surface area contributed by atoms with Crippen LogP contribution in [0.1, 0.15) is 17.0 Å². The Balaban J connectivity index is 1.89. The summed E-state index contributed by atoms with van der Waals surface area (Å²) in [5.41, 5.74) is 2.45. The third kappa shape index (κ3) is 2.86. The van der Waals surface area contributed by atoms with E-state index >= 15 is 0 Å². The summed E-state index contributed by atoms with van der Waals surface area (Å²) in [6.07, 6.45) is 2.13. The van der Waals surface area contributed by atoms with E-state index in [1.807, 2.05) is 24.3 Å². The SMILES string of the molecule is O=C1Nc2nc(Cl)ccc2C1C=Nc1ccccc1CCO. The second-order valence-corrected chi connectivity index (χ2v) is 5.31. The van der Waals surface area contributed by atoms with Crippen LogP contribution >= 0.6 is 11.6 Å². The fourth-order valence-corrected chi connectivity index (χ4v) is 2.55. The molecule has 2 N–H and O–H groups in total. The predicted octanol–water partition coefficient (Wildman–Crippen LogP) is 2.71. The number of rotatable bonds is 4. The average Bonchev–Trinajstić information content (AvgIpc) is 2.81. The van der Waals surface area contributed by atoms with Gasteiger partial charge in [-0.1, -0.05) is 35.9 Å². The number of carbonyl (C=O) groups excluding carboxylic acids is 1. The van der Waals surface area contributed by atoms with Crippen molar-refractivity contribution in [2.24, 2.45) is 4.99 Å². The topological polar surface area (TPSA) is 74.6 Å². The molecule has 1 unspecified atom stereocenters. The van der Waals surface area contributed by atoms with Gasteiger partial charge in [0.05, 0.1) is 5.69 Å². The molecule has 1 aromatic carbocycles. The van der Waals surface area contributed by atoms with Crippen LogP contribution in [0.3, 0.4) is 0 Å². The lowest BCUT2D eigenvalue weighted by Crippen LogP contribution is -2.13. The van der Waals surface area contributed by atoms with Crippen molar-refractivity contribution in [3.05, 3.63) is 52.7 Å². The van der Waals surface area contributed by atoms with Crippen LogP contribution < -0.4 is 5.32 Å². The zero-order valence-electron chi connectivity index (χ0n) is 11.7. The number of para-hydroxylation sites is 1. The van der Waals surface area contributed by atoms with Crippen molar-refractivity contribution in [3.63, 3.8) is 0 Å². The number of aromatic nitrogens is 1. The van der Waals surface area contributed by atoms with Gasteiger partial charge in [-0.15, -0.1) is 0 Å². The first-order chi connectivity index (χ1) is 10.7. The van der Waals surface area contributed by atoms with Gasteiger partial charge in [0.15, 0.2) is 0 Å². The molecular formula is C16H14ClN3O2. The molecule has 6 heteroatoms. The Morgan fingerprint density at radius 1 is 1.32 bits per heavy atom. The number of fused-ring (bicyclic) bond motifs is 1. The molecule has 1 aromatic heterocycles. The quantitative estimate of drug-likeness (QED) is 0.673. The van der Waals surface area contributed by atoms with E-state index in [-0.39, 0.29) is 12.5 Å². The summed E-state index contributed by atoms with van der Waals surface area (Å²) >= 11 is 5.83. The second-order valence-electron chi connectivity index (χ2n) is 4.92. The van der Waals surface area contributed by atoms with Crippen molar-refractivity contribution in [3.8, 4) is 0 Å². The number of hydrogen-bond donors (Lipinski definition) is 2. The summed E-state index contributed by atoms with van der Waals surface area (Å²) < 4.78 is 0. The van der Waals surface area contributed by atoms with Crippen molar-refractivity contribution in [2.45, 2.75) is 12.3 Å². The summed E-state index contributed by atoms with van der Waals surface area (Å²) in [7, 11) is 0. The highest BCUT2D eigenvalue weighted by Gasteiger charge is 2.30. The summed E-state index contributed by atoms with van der Waals surface area (Å²) in [5.74, 6) is -0.173. The minimum atomic E-state index is -0.484. The summed E-state index contributed by atoms with van der Waals surface area (Å²) in [4.78, 5) is 20.6. The molecule has 0 bridgehead atoms. The Kier molecular flexibility index (Phi) is 4.18. The number of anilines is 1. The van der Waals surface area contributed by atoms with Crippen LogP contribution in [0.4, 0.5) is 11.5 Å². The molecule has 3 rings (SSSR count). The molecule has 5 nitrogen and oxygen atoms in total. The monoisotopic (exact) mass is 315 g/mol. The van der Waals surface area contributed by atoms with E-state index in [9.17, 15) is 4.79 Å². The number of aliphatic hydroxyl groups is 1. The maximum Gasteiger partial charge on any atom is 0.238 e. The Bertz CT molecular complexity index is 746. The highest BCUT2D eigenvalue weighted by Crippen LogP contribution is 2.31. The Labute approximate surface area is 132 Å². The van der Waals surface area contributed by atoms with Crippen molar-refractivity contribution in [1.82, 2.24) is 4.98 Å².